The number of rotatable bonds is 5. The maximum absolute atomic E-state index is 11.8. The van der Waals surface area contributed by atoms with Crippen molar-refractivity contribution in [2.24, 2.45) is 5.92 Å². The molecule has 1 rings (SSSR count). The molecule has 0 bridgehead atoms. The maximum Gasteiger partial charge on any atom is 0.239 e. The van der Waals surface area contributed by atoms with Gasteiger partial charge < -0.3 is 11.1 Å². The molecule has 1 aromatic rings. The predicted molar refractivity (Wildman–Crippen MR) is 83.0 cm³/mol. The van der Waals surface area contributed by atoms with Gasteiger partial charge in [0.15, 0.2) is 9.84 Å². The standard InChI is InChI=1S/C12H16Cl2N2O3S/c1-7(2)5-20(18,19)6-11(17)16-12-9(13)3-8(15)4-10(12)14/h3-4,7H,5-6,15H2,1-2H3,(H,16,17). The summed E-state index contributed by atoms with van der Waals surface area (Å²) in [6.45, 7) is 3.53. The minimum Gasteiger partial charge on any atom is -0.399 e. The maximum atomic E-state index is 11.8. The first-order valence-corrected chi connectivity index (χ1v) is 8.43. The van der Waals surface area contributed by atoms with Gasteiger partial charge in [0, 0.05) is 5.69 Å². The molecule has 8 heteroatoms. The van der Waals surface area contributed by atoms with E-state index in [2.05, 4.69) is 5.32 Å². The lowest BCUT2D eigenvalue weighted by Crippen LogP contribution is -2.26. The molecule has 0 atom stereocenters. The number of amides is 1. The van der Waals surface area contributed by atoms with Gasteiger partial charge in [-0.2, -0.15) is 0 Å². The van der Waals surface area contributed by atoms with Crippen LogP contribution in [0.4, 0.5) is 11.4 Å². The summed E-state index contributed by atoms with van der Waals surface area (Å²) in [7, 11) is -3.46. The van der Waals surface area contributed by atoms with Crippen LogP contribution in [0.3, 0.4) is 0 Å². The molecule has 0 saturated heterocycles. The third kappa shape index (κ3) is 5.19. The Kier molecular flexibility index (Phi) is 5.68. The van der Waals surface area contributed by atoms with Crippen molar-refractivity contribution in [3.63, 3.8) is 0 Å². The zero-order valence-electron chi connectivity index (χ0n) is 11.1. The Morgan fingerprint density at radius 1 is 1.30 bits per heavy atom. The van der Waals surface area contributed by atoms with Crippen molar-refractivity contribution < 1.29 is 13.2 Å². The Bertz CT molecular complexity index is 592. The number of carbonyl (C=O) groups excluding carboxylic acids is 1. The van der Waals surface area contributed by atoms with Crippen LogP contribution in [0.1, 0.15) is 13.8 Å². The van der Waals surface area contributed by atoms with Crippen LogP contribution in [-0.2, 0) is 14.6 Å². The number of nitrogen functional groups attached to an aromatic ring is 1. The zero-order chi connectivity index (χ0) is 15.5. The summed E-state index contributed by atoms with van der Waals surface area (Å²) >= 11 is 11.8. The van der Waals surface area contributed by atoms with E-state index in [1.807, 2.05) is 0 Å². The Balaban J connectivity index is 2.83. The molecular weight excluding hydrogens is 323 g/mol. The van der Waals surface area contributed by atoms with E-state index in [4.69, 9.17) is 28.9 Å². The van der Waals surface area contributed by atoms with E-state index in [0.717, 1.165) is 0 Å². The van der Waals surface area contributed by atoms with Crippen molar-refractivity contribution >= 4 is 50.3 Å². The molecule has 0 aliphatic rings. The number of nitrogens with two attached hydrogens (primary N) is 1. The molecule has 20 heavy (non-hydrogen) atoms. The summed E-state index contributed by atoms with van der Waals surface area (Å²) in [6, 6.07) is 2.84. The molecule has 0 heterocycles. The predicted octanol–water partition coefficient (Wildman–Crippen LogP) is 2.58. The quantitative estimate of drug-likeness (QED) is 0.807. The molecule has 0 aliphatic carbocycles. The molecule has 3 N–H and O–H groups in total. The van der Waals surface area contributed by atoms with Crippen molar-refractivity contribution in [3.8, 4) is 0 Å². The second-order valence-corrected chi connectivity index (χ2v) is 7.78. The largest absolute Gasteiger partial charge is 0.399 e. The van der Waals surface area contributed by atoms with Crippen LogP contribution in [0.25, 0.3) is 0 Å². The molecule has 5 nitrogen and oxygen atoms in total. The van der Waals surface area contributed by atoms with E-state index in [0.29, 0.717) is 5.69 Å². The van der Waals surface area contributed by atoms with E-state index in [-0.39, 0.29) is 27.4 Å². The van der Waals surface area contributed by atoms with Gasteiger partial charge in [-0.1, -0.05) is 37.0 Å². The van der Waals surface area contributed by atoms with Crippen LogP contribution in [0.5, 0.6) is 0 Å². The Morgan fingerprint density at radius 2 is 1.80 bits per heavy atom. The van der Waals surface area contributed by atoms with Crippen molar-refractivity contribution in [2.45, 2.75) is 13.8 Å². The molecule has 0 unspecified atom stereocenters. The molecule has 1 aromatic carbocycles. The van der Waals surface area contributed by atoms with E-state index in [1.54, 1.807) is 13.8 Å². The van der Waals surface area contributed by atoms with Crippen LogP contribution in [0, 0.1) is 5.92 Å². The summed E-state index contributed by atoms with van der Waals surface area (Å²) in [5.74, 6) is -1.39. The fourth-order valence-electron chi connectivity index (χ4n) is 1.65. The van der Waals surface area contributed by atoms with Crippen LogP contribution in [0.2, 0.25) is 10.0 Å². The van der Waals surface area contributed by atoms with E-state index in [9.17, 15) is 13.2 Å². The number of hydrogen-bond donors (Lipinski definition) is 2. The Morgan fingerprint density at radius 3 is 2.25 bits per heavy atom. The number of nitrogens with one attached hydrogen (secondary N) is 1. The number of sulfone groups is 1. The molecule has 0 aromatic heterocycles. The van der Waals surface area contributed by atoms with Crippen molar-refractivity contribution in [3.05, 3.63) is 22.2 Å². The van der Waals surface area contributed by atoms with Crippen LogP contribution in [0.15, 0.2) is 12.1 Å². The third-order valence-electron chi connectivity index (χ3n) is 2.27. The molecule has 0 radical (unpaired) electrons. The van der Waals surface area contributed by atoms with E-state index in [1.165, 1.54) is 12.1 Å². The summed E-state index contributed by atoms with van der Waals surface area (Å²) in [5.41, 5.74) is 6.05. The molecule has 0 saturated carbocycles. The first-order valence-electron chi connectivity index (χ1n) is 5.85. The van der Waals surface area contributed by atoms with Gasteiger partial charge in [0.2, 0.25) is 5.91 Å². The van der Waals surface area contributed by atoms with E-state index < -0.39 is 21.5 Å². The second kappa shape index (κ2) is 6.65. The Hall–Kier alpha value is -0.980. The molecular formula is C12H16Cl2N2O3S. The van der Waals surface area contributed by atoms with Gasteiger partial charge >= 0.3 is 0 Å². The lowest BCUT2D eigenvalue weighted by molar-refractivity contribution is -0.113. The van der Waals surface area contributed by atoms with Gasteiger partial charge in [-0.05, 0) is 18.1 Å². The highest BCUT2D eigenvalue weighted by atomic mass is 35.5. The smallest absolute Gasteiger partial charge is 0.239 e. The average Bonchev–Trinajstić information content (AvgIpc) is 2.20. The number of anilines is 2. The molecule has 0 aliphatic heterocycles. The van der Waals surface area contributed by atoms with Crippen molar-refractivity contribution in [2.75, 3.05) is 22.6 Å². The van der Waals surface area contributed by atoms with Crippen LogP contribution >= 0.6 is 23.2 Å². The number of halogens is 2. The first-order chi connectivity index (χ1) is 9.10. The Labute approximate surface area is 128 Å². The minimum atomic E-state index is -3.46. The van der Waals surface area contributed by atoms with Gasteiger partial charge in [-0.15, -0.1) is 0 Å². The highest BCUT2D eigenvalue weighted by Crippen LogP contribution is 2.32. The summed E-state index contributed by atoms with van der Waals surface area (Å²) in [4.78, 5) is 11.8. The van der Waals surface area contributed by atoms with Gasteiger partial charge in [0.1, 0.15) is 5.75 Å². The fraction of sp³-hybridized carbons (Fsp3) is 0.417. The van der Waals surface area contributed by atoms with Crippen LogP contribution < -0.4 is 11.1 Å². The highest BCUT2D eigenvalue weighted by molar-refractivity contribution is 7.92. The highest BCUT2D eigenvalue weighted by Gasteiger charge is 2.20. The van der Waals surface area contributed by atoms with Crippen molar-refractivity contribution in [1.29, 1.82) is 0 Å². The molecule has 1 amide bonds. The van der Waals surface area contributed by atoms with Gasteiger partial charge in [0.05, 0.1) is 21.5 Å². The number of benzene rings is 1. The third-order valence-corrected chi connectivity index (χ3v) is 4.74. The van der Waals surface area contributed by atoms with Gasteiger partial charge in [-0.3, -0.25) is 4.79 Å². The monoisotopic (exact) mass is 338 g/mol. The van der Waals surface area contributed by atoms with Crippen molar-refractivity contribution in [1.82, 2.24) is 0 Å². The summed E-state index contributed by atoms with van der Waals surface area (Å²) < 4.78 is 23.4. The molecule has 0 fully saturated rings. The SMILES string of the molecule is CC(C)CS(=O)(=O)CC(=O)Nc1c(Cl)cc(N)cc1Cl. The lowest BCUT2D eigenvalue weighted by atomic mass is 10.3. The fourth-order valence-corrected chi connectivity index (χ4v) is 3.86. The zero-order valence-corrected chi connectivity index (χ0v) is 13.4. The number of carbonyl (C=O) groups is 1. The van der Waals surface area contributed by atoms with E-state index >= 15 is 0 Å². The first kappa shape index (κ1) is 17.1. The van der Waals surface area contributed by atoms with Gasteiger partial charge in [-0.25, -0.2) is 8.42 Å². The molecule has 0 spiro atoms. The minimum absolute atomic E-state index is 0.0449. The lowest BCUT2D eigenvalue weighted by Gasteiger charge is -2.11. The topological polar surface area (TPSA) is 89.3 Å². The molecule has 112 valence electrons. The van der Waals surface area contributed by atoms with Gasteiger partial charge in [0.25, 0.3) is 0 Å². The summed E-state index contributed by atoms with van der Waals surface area (Å²) in [5, 5.41) is 2.71. The second-order valence-electron chi connectivity index (χ2n) is 4.86. The normalized spacial score (nSPS) is 11.7. The average molecular weight is 339 g/mol. The summed E-state index contributed by atoms with van der Waals surface area (Å²) in [6.07, 6.45) is 0. The van der Waals surface area contributed by atoms with Crippen LogP contribution in [-0.4, -0.2) is 25.8 Å². The number of hydrogen-bond acceptors (Lipinski definition) is 4.